The molecule has 20 heavy (non-hydrogen) atoms. The van der Waals surface area contributed by atoms with Gasteiger partial charge in [-0.05, 0) is 59.7 Å². The van der Waals surface area contributed by atoms with Crippen LogP contribution < -0.4 is 0 Å². The van der Waals surface area contributed by atoms with Crippen molar-refractivity contribution in [1.29, 1.82) is 0 Å². The van der Waals surface area contributed by atoms with E-state index in [9.17, 15) is 4.79 Å². The zero-order valence-corrected chi connectivity index (χ0v) is 14.5. The Kier molecular flexibility index (Phi) is 5.14. The number of carbonyl (C=O) groups is 1. The summed E-state index contributed by atoms with van der Waals surface area (Å²) in [6.07, 6.45) is -0.825. The third kappa shape index (κ3) is 3.56. The van der Waals surface area contributed by atoms with Crippen molar-refractivity contribution in [2.45, 2.75) is 26.4 Å². The second kappa shape index (κ2) is 6.49. The number of hydrogen-bond donors (Lipinski definition) is 1. The molecule has 0 radical (unpaired) electrons. The van der Waals surface area contributed by atoms with Crippen molar-refractivity contribution in [2.75, 3.05) is 19.6 Å². The van der Waals surface area contributed by atoms with Crippen LogP contribution in [0.3, 0.4) is 0 Å². The van der Waals surface area contributed by atoms with Crippen molar-refractivity contribution in [3.63, 3.8) is 0 Å². The zero-order chi connectivity index (χ0) is 14.9. The molecular weight excluding hydrogens is 391 g/mol. The average molecular weight is 409 g/mol. The van der Waals surface area contributed by atoms with E-state index in [-0.39, 0.29) is 6.04 Å². The molecule has 0 unspecified atom stereocenters. The maximum Gasteiger partial charge on any atom is 0.407 e. The van der Waals surface area contributed by atoms with Gasteiger partial charge < -0.3 is 10.0 Å². The number of rotatable bonds is 2. The van der Waals surface area contributed by atoms with Gasteiger partial charge in [0.25, 0.3) is 0 Å². The van der Waals surface area contributed by atoms with Crippen LogP contribution in [0.15, 0.2) is 12.1 Å². The van der Waals surface area contributed by atoms with E-state index < -0.39 is 6.09 Å². The van der Waals surface area contributed by atoms with Crippen molar-refractivity contribution in [1.82, 2.24) is 9.80 Å². The lowest BCUT2D eigenvalue weighted by atomic mass is 10.1. The molecule has 1 amide bonds. The first-order valence-corrected chi connectivity index (χ1v) is 8.00. The Hall–Kier alpha value is -0.530. The minimum absolute atomic E-state index is 0.228. The van der Waals surface area contributed by atoms with Crippen LogP contribution in [0.1, 0.15) is 18.1 Å². The Balaban J connectivity index is 2.10. The van der Waals surface area contributed by atoms with Gasteiger partial charge in [0.15, 0.2) is 0 Å². The summed E-state index contributed by atoms with van der Waals surface area (Å²) in [6.45, 7) is 6.90. The SMILES string of the molecule is Cc1cc(Cl)cc(I)c1CN1CCN(C(=O)O)C[C@@H]1C. The highest BCUT2D eigenvalue weighted by Gasteiger charge is 2.27. The summed E-state index contributed by atoms with van der Waals surface area (Å²) in [6, 6.07) is 4.19. The van der Waals surface area contributed by atoms with Gasteiger partial charge >= 0.3 is 6.09 Å². The highest BCUT2D eigenvalue weighted by Crippen LogP contribution is 2.25. The maximum atomic E-state index is 11.0. The summed E-state index contributed by atoms with van der Waals surface area (Å²) in [7, 11) is 0. The fourth-order valence-corrected chi connectivity index (χ4v) is 3.93. The minimum atomic E-state index is -0.825. The van der Waals surface area contributed by atoms with E-state index in [1.54, 1.807) is 0 Å². The van der Waals surface area contributed by atoms with Crippen molar-refractivity contribution < 1.29 is 9.90 Å². The van der Waals surface area contributed by atoms with E-state index in [4.69, 9.17) is 16.7 Å². The Morgan fingerprint density at radius 2 is 2.20 bits per heavy atom. The molecule has 1 aliphatic rings. The smallest absolute Gasteiger partial charge is 0.407 e. The standard InChI is InChI=1S/C14H18ClIN2O2/c1-9-5-11(15)6-13(16)12(9)8-17-3-4-18(14(19)20)7-10(17)2/h5-6,10H,3-4,7-8H2,1-2H3,(H,19,20)/t10-/m0/s1. The summed E-state index contributed by atoms with van der Waals surface area (Å²) in [5, 5.41) is 9.81. The van der Waals surface area contributed by atoms with Gasteiger partial charge in [-0.2, -0.15) is 0 Å². The molecule has 1 aromatic rings. The number of carboxylic acid groups (broad SMARTS) is 1. The summed E-state index contributed by atoms with van der Waals surface area (Å²) in [5.74, 6) is 0. The minimum Gasteiger partial charge on any atom is -0.465 e. The lowest BCUT2D eigenvalue weighted by Gasteiger charge is -2.39. The molecule has 0 bridgehead atoms. The predicted molar refractivity (Wildman–Crippen MR) is 88.4 cm³/mol. The molecule has 6 heteroatoms. The normalized spacial score (nSPS) is 20.2. The molecule has 1 aliphatic heterocycles. The lowest BCUT2D eigenvalue weighted by Crippen LogP contribution is -2.52. The fourth-order valence-electron chi connectivity index (χ4n) is 2.54. The van der Waals surface area contributed by atoms with Crippen molar-refractivity contribution >= 4 is 40.3 Å². The van der Waals surface area contributed by atoms with Crippen LogP contribution in [0.5, 0.6) is 0 Å². The third-order valence-corrected chi connectivity index (χ3v) is 4.96. The Morgan fingerprint density at radius 3 is 2.75 bits per heavy atom. The Bertz CT molecular complexity index is 501. The van der Waals surface area contributed by atoms with Crippen LogP contribution in [0.4, 0.5) is 4.79 Å². The van der Waals surface area contributed by atoms with Gasteiger partial charge in [0.2, 0.25) is 0 Å². The fraction of sp³-hybridized carbons (Fsp3) is 0.500. The van der Waals surface area contributed by atoms with Crippen LogP contribution in [0, 0.1) is 10.5 Å². The number of aryl methyl sites for hydroxylation is 1. The number of nitrogens with zero attached hydrogens (tertiary/aromatic N) is 2. The second-order valence-corrected chi connectivity index (χ2v) is 6.83. The van der Waals surface area contributed by atoms with Gasteiger partial charge in [-0.1, -0.05) is 11.6 Å². The lowest BCUT2D eigenvalue weighted by molar-refractivity contribution is 0.0710. The number of benzene rings is 1. The maximum absolute atomic E-state index is 11.0. The molecule has 0 aliphatic carbocycles. The Labute approximate surface area is 137 Å². The van der Waals surface area contributed by atoms with Crippen LogP contribution >= 0.6 is 34.2 Å². The molecule has 1 aromatic carbocycles. The van der Waals surface area contributed by atoms with Crippen LogP contribution in [-0.2, 0) is 6.54 Å². The van der Waals surface area contributed by atoms with E-state index in [2.05, 4.69) is 41.3 Å². The van der Waals surface area contributed by atoms with Crippen molar-refractivity contribution in [2.24, 2.45) is 0 Å². The summed E-state index contributed by atoms with van der Waals surface area (Å²) in [4.78, 5) is 14.8. The van der Waals surface area contributed by atoms with E-state index in [1.807, 2.05) is 12.1 Å². The first-order valence-electron chi connectivity index (χ1n) is 6.55. The molecule has 0 spiro atoms. The molecule has 1 atom stereocenters. The quantitative estimate of drug-likeness (QED) is 0.763. The van der Waals surface area contributed by atoms with Crippen LogP contribution in [0.25, 0.3) is 0 Å². The highest BCUT2D eigenvalue weighted by atomic mass is 127. The largest absolute Gasteiger partial charge is 0.465 e. The van der Waals surface area contributed by atoms with E-state index >= 15 is 0 Å². The molecule has 2 rings (SSSR count). The summed E-state index contributed by atoms with van der Waals surface area (Å²) in [5.41, 5.74) is 2.47. The molecule has 1 fully saturated rings. The highest BCUT2D eigenvalue weighted by molar-refractivity contribution is 14.1. The van der Waals surface area contributed by atoms with E-state index in [0.717, 1.165) is 18.1 Å². The predicted octanol–water partition coefficient (Wildman–Crippen LogP) is 3.44. The van der Waals surface area contributed by atoms with Crippen LogP contribution in [0.2, 0.25) is 5.02 Å². The van der Waals surface area contributed by atoms with Gasteiger partial charge in [-0.3, -0.25) is 4.90 Å². The molecule has 1 N–H and O–H groups in total. The number of halogens is 2. The van der Waals surface area contributed by atoms with Crippen molar-refractivity contribution in [3.8, 4) is 0 Å². The first kappa shape index (κ1) is 15.9. The number of amides is 1. The summed E-state index contributed by atoms with van der Waals surface area (Å²) < 4.78 is 1.17. The molecule has 1 heterocycles. The molecule has 0 saturated carbocycles. The average Bonchev–Trinajstić information content (AvgIpc) is 2.34. The molecule has 1 saturated heterocycles. The van der Waals surface area contributed by atoms with Gasteiger partial charge in [0.05, 0.1) is 0 Å². The van der Waals surface area contributed by atoms with Gasteiger partial charge in [-0.15, -0.1) is 0 Å². The third-order valence-electron chi connectivity index (χ3n) is 3.78. The molecule has 110 valence electrons. The monoisotopic (exact) mass is 408 g/mol. The number of hydrogen-bond acceptors (Lipinski definition) is 2. The van der Waals surface area contributed by atoms with E-state index in [1.165, 1.54) is 19.6 Å². The van der Waals surface area contributed by atoms with Gasteiger partial charge in [0.1, 0.15) is 0 Å². The topological polar surface area (TPSA) is 43.8 Å². The molecule has 4 nitrogen and oxygen atoms in total. The zero-order valence-electron chi connectivity index (χ0n) is 11.6. The van der Waals surface area contributed by atoms with Gasteiger partial charge in [0, 0.05) is 40.8 Å². The van der Waals surface area contributed by atoms with E-state index in [0.29, 0.717) is 13.1 Å². The van der Waals surface area contributed by atoms with Crippen LogP contribution in [-0.4, -0.2) is 46.7 Å². The summed E-state index contributed by atoms with van der Waals surface area (Å²) >= 11 is 8.37. The van der Waals surface area contributed by atoms with Gasteiger partial charge in [-0.25, -0.2) is 4.79 Å². The molecular formula is C14H18ClIN2O2. The number of piperazine rings is 1. The molecule has 0 aromatic heterocycles. The second-order valence-electron chi connectivity index (χ2n) is 5.23. The van der Waals surface area contributed by atoms with Crippen molar-refractivity contribution in [3.05, 3.63) is 31.9 Å². The Morgan fingerprint density at radius 1 is 1.50 bits per heavy atom. The first-order chi connectivity index (χ1) is 9.38.